The summed E-state index contributed by atoms with van der Waals surface area (Å²) < 4.78 is 38.8. The molecule has 1 amide bonds. The Kier molecular flexibility index (Phi) is 7.73. The number of amides is 1. The molecule has 9 heteroatoms. The molecule has 3 rings (SSSR count). The van der Waals surface area contributed by atoms with Gasteiger partial charge in [0.25, 0.3) is 5.91 Å². The summed E-state index contributed by atoms with van der Waals surface area (Å²) in [6.07, 6.45) is 5.39. The van der Waals surface area contributed by atoms with Gasteiger partial charge in [0.1, 0.15) is 16.4 Å². The third-order valence-corrected chi connectivity index (χ3v) is 7.69. The topological polar surface area (TPSA) is 97.8 Å². The van der Waals surface area contributed by atoms with E-state index in [2.05, 4.69) is 10.3 Å². The third kappa shape index (κ3) is 5.05. The van der Waals surface area contributed by atoms with Crippen molar-refractivity contribution in [1.29, 1.82) is 0 Å². The van der Waals surface area contributed by atoms with Gasteiger partial charge in [-0.2, -0.15) is 4.31 Å². The highest BCUT2D eigenvalue weighted by atomic mass is 32.2. The van der Waals surface area contributed by atoms with E-state index >= 15 is 0 Å². The van der Waals surface area contributed by atoms with Crippen LogP contribution in [0.5, 0.6) is 11.5 Å². The Hall–Kier alpha value is -2.65. The molecular formula is C23H31N3O5S. The van der Waals surface area contributed by atoms with Gasteiger partial charge < -0.3 is 14.8 Å². The minimum absolute atomic E-state index is 0.0147. The van der Waals surface area contributed by atoms with Crippen LogP contribution < -0.4 is 14.8 Å². The highest BCUT2D eigenvalue weighted by Gasteiger charge is 2.29. The van der Waals surface area contributed by atoms with Crippen molar-refractivity contribution in [3.8, 4) is 11.5 Å². The number of hydrogen-bond donors (Lipinski definition) is 1. The largest absolute Gasteiger partial charge is 0.496 e. The van der Waals surface area contributed by atoms with Crippen LogP contribution in [0.3, 0.4) is 0 Å². The quantitative estimate of drug-likeness (QED) is 0.680. The van der Waals surface area contributed by atoms with E-state index < -0.39 is 10.0 Å². The van der Waals surface area contributed by atoms with E-state index in [1.54, 1.807) is 19.4 Å². The molecule has 0 saturated carbocycles. The Morgan fingerprint density at radius 1 is 1.09 bits per heavy atom. The number of hydrogen-bond acceptors (Lipinski definition) is 6. The minimum Gasteiger partial charge on any atom is -0.496 e. The van der Waals surface area contributed by atoms with Crippen LogP contribution in [-0.2, 0) is 16.6 Å². The second-order valence-electron chi connectivity index (χ2n) is 7.91. The van der Waals surface area contributed by atoms with Crippen LogP contribution in [0.4, 0.5) is 0 Å². The molecule has 0 unspecified atom stereocenters. The van der Waals surface area contributed by atoms with Crippen molar-refractivity contribution >= 4 is 15.9 Å². The Morgan fingerprint density at radius 3 is 2.41 bits per heavy atom. The fourth-order valence-electron chi connectivity index (χ4n) is 3.96. The lowest BCUT2D eigenvalue weighted by molar-refractivity contribution is 0.0950. The molecular weight excluding hydrogens is 430 g/mol. The lowest BCUT2D eigenvalue weighted by atomic mass is 10.1. The van der Waals surface area contributed by atoms with Crippen molar-refractivity contribution in [3.63, 3.8) is 0 Å². The maximum atomic E-state index is 13.3. The summed E-state index contributed by atoms with van der Waals surface area (Å²) in [6.45, 7) is 4.94. The van der Waals surface area contributed by atoms with Gasteiger partial charge in [0, 0.05) is 36.0 Å². The fourth-order valence-corrected chi connectivity index (χ4v) is 5.65. The Morgan fingerprint density at radius 2 is 1.78 bits per heavy atom. The highest BCUT2D eigenvalue weighted by Crippen LogP contribution is 2.29. The first kappa shape index (κ1) is 24.0. The molecule has 2 heterocycles. The average Bonchev–Trinajstić information content (AvgIpc) is 3.08. The first-order valence-corrected chi connectivity index (χ1v) is 12.2. The maximum Gasteiger partial charge on any atom is 0.251 e. The zero-order valence-corrected chi connectivity index (χ0v) is 19.9. The number of nitrogens with one attached hydrogen (secondary N) is 1. The standard InChI is InChI=1S/C23H31N3O5S/c1-16-14-24-19(17(2)22(16)31-4)15-25-23(27)18-9-10-20(30-3)21(13-18)32(28,29)26-11-7-5-6-8-12-26/h9-10,13-14H,5-8,11-12,15H2,1-4H3,(H,25,27). The van der Waals surface area contributed by atoms with Gasteiger partial charge in [-0.1, -0.05) is 12.8 Å². The number of pyridine rings is 1. The van der Waals surface area contributed by atoms with Crippen LogP contribution >= 0.6 is 0 Å². The number of methoxy groups -OCH3 is 2. The molecule has 0 spiro atoms. The van der Waals surface area contributed by atoms with Crippen molar-refractivity contribution in [2.24, 2.45) is 0 Å². The average molecular weight is 462 g/mol. The normalized spacial score (nSPS) is 15.1. The van der Waals surface area contributed by atoms with Crippen LogP contribution in [0.2, 0.25) is 0 Å². The van der Waals surface area contributed by atoms with Crippen molar-refractivity contribution in [2.45, 2.75) is 51.0 Å². The smallest absolute Gasteiger partial charge is 0.251 e. The van der Waals surface area contributed by atoms with Crippen LogP contribution in [0.1, 0.15) is 52.9 Å². The summed E-state index contributed by atoms with van der Waals surface area (Å²) in [6, 6.07) is 4.48. The van der Waals surface area contributed by atoms with Crippen molar-refractivity contribution in [2.75, 3.05) is 27.3 Å². The van der Waals surface area contributed by atoms with Gasteiger partial charge in [-0.05, 0) is 44.9 Å². The fraction of sp³-hybridized carbons (Fsp3) is 0.478. The molecule has 0 bridgehead atoms. The van der Waals surface area contributed by atoms with Gasteiger partial charge in [0.05, 0.1) is 26.5 Å². The molecule has 2 aromatic rings. The van der Waals surface area contributed by atoms with E-state index in [1.807, 2.05) is 13.8 Å². The van der Waals surface area contributed by atoms with Crippen molar-refractivity contribution < 1.29 is 22.7 Å². The Balaban J connectivity index is 1.84. The van der Waals surface area contributed by atoms with E-state index in [9.17, 15) is 13.2 Å². The molecule has 1 aromatic carbocycles. The first-order valence-electron chi connectivity index (χ1n) is 10.7. The van der Waals surface area contributed by atoms with Gasteiger partial charge in [-0.25, -0.2) is 8.42 Å². The lowest BCUT2D eigenvalue weighted by Crippen LogP contribution is -2.32. The number of sulfonamides is 1. The number of nitrogens with zero attached hydrogens (tertiary/aromatic N) is 2. The summed E-state index contributed by atoms with van der Waals surface area (Å²) in [7, 11) is -0.747. The van der Waals surface area contributed by atoms with Gasteiger partial charge in [-0.15, -0.1) is 0 Å². The van der Waals surface area contributed by atoms with Crippen LogP contribution in [-0.4, -0.2) is 50.9 Å². The molecule has 1 aliphatic heterocycles. The number of carbonyl (C=O) groups is 1. The molecule has 8 nitrogen and oxygen atoms in total. The van der Waals surface area contributed by atoms with Gasteiger partial charge in [-0.3, -0.25) is 9.78 Å². The summed E-state index contributed by atoms with van der Waals surface area (Å²) in [5.41, 5.74) is 2.70. The molecule has 1 aromatic heterocycles. The molecule has 32 heavy (non-hydrogen) atoms. The maximum absolute atomic E-state index is 13.3. The summed E-state index contributed by atoms with van der Waals surface area (Å²) in [5.74, 6) is 0.576. The van der Waals surface area contributed by atoms with Crippen LogP contribution in [0.15, 0.2) is 29.3 Å². The number of ether oxygens (including phenoxy) is 2. The highest BCUT2D eigenvalue weighted by molar-refractivity contribution is 7.89. The summed E-state index contributed by atoms with van der Waals surface area (Å²) in [5, 5.41) is 2.83. The van der Waals surface area contributed by atoms with Crippen LogP contribution in [0, 0.1) is 13.8 Å². The number of aromatic nitrogens is 1. The number of aryl methyl sites for hydroxylation is 1. The predicted molar refractivity (Wildman–Crippen MR) is 122 cm³/mol. The molecule has 1 fully saturated rings. The molecule has 1 aliphatic rings. The van der Waals surface area contributed by atoms with Crippen LogP contribution in [0.25, 0.3) is 0 Å². The second kappa shape index (κ2) is 10.3. The summed E-state index contributed by atoms with van der Waals surface area (Å²) >= 11 is 0. The predicted octanol–water partition coefficient (Wildman–Crippen LogP) is 3.21. The monoisotopic (exact) mass is 461 g/mol. The second-order valence-corrected chi connectivity index (χ2v) is 9.82. The SMILES string of the molecule is COc1ccc(C(=O)NCc2ncc(C)c(OC)c2C)cc1S(=O)(=O)N1CCCCCC1. The van der Waals surface area contributed by atoms with E-state index in [0.717, 1.165) is 42.6 Å². The molecule has 0 radical (unpaired) electrons. The van der Waals surface area contributed by atoms with Crippen molar-refractivity contribution in [1.82, 2.24) is 14.6 Å². The zero-order valence-electron chi connectivity index (χ0n) is 19.1. The number of benzene rings is 1. The molecule has 174 valence electrons. The Bertz CT molecular complexity index is 1080. The first-order chi connectivity index (χ1) is 15.3. The summed E-state index contributed by atoms with van der Waals surface area (Å²) in [4.78, 5) is 17.2. The van der Waals surface area contributed by atoms with E-state index in [4.69, 9.17) is 9.47 Å². The van der Waals surface area contributed by atoms with E-state index in [-0.39, 0.29) is 28.7 Å². The van der Waals surface area contributed by atoms with Gasteiger partial charge >= 0.3 is 0 Å². The molecule has 0 atom stereocenters. The van der Waals surface area contributed by atoms with E-state index in [0.29, 0.717) is 18.8 Å². The number of rotatable bonds is 7. The molecule has 1 saturated heterocycles. The van der Waals surface area contributed by atoms with Gasteiger partial charge in [0.15, 0.2) is 0 Å². The Labute approximate surface area is 190 Å². The third-order valence-electron chi connectivity index (χ3n) is 5.77. The number of carbonyl (C=O) groups excluding carboxylic acids is 1. The minimum atomic E-state index is -3.77. The lowest BCUT2D eigenvalue weighted by Gasteiger charge is -2.21. The van der Waals surface area contributed by atoms with Gasteiger partial charge in [0.2, 0.25) is 10.0 Å². The van der Waals surface area contributed by atoms with E-state index in [1.165, 1.54) is 23.5 Å². The zero-order chi connectivity index (χ0) is 23.3. The molecule has 1 N–H and O–H groups in total. The molecule has 0 aliphatic carbocycles. The van der Waals surface area contributed by atoms with Crippen molar-refractivity contribution in [3.05, 3.63) is 46.8 Å².